The second-order valence-electron chi connectivity index (χ2n) is 2.36. The van der Waals surface area contributed by atoms with Gasteiger partial charge in [0.2, 0.25) is 0 Å². The molecule has 0 atom stereocenters. The van der Waals surface area contributed by atoms with Gasteiger partial charge < -0.3 is 5.11 Å². The molecule has 0 bridgehead atoms. The van der Waals surface area contributed by atoms with Gasteiger partial charge in [-0.1, -0.05) is 30.3 Å². The second-order valence-corrected chi connectivity index (χ2v) is 2.36. The minimum absolute atomic E-state index is 0. The Morgan fingerprint density at radius 3 is 2.15 bits per heavy atom. The molecule has 0 aliphatic heterocycles. The molecule has 3 nitrogen and oxygen atoms in total. The zero-order valence-corrected chi connectivity index (χ0v) is 8.20. The summed E-state index contributed by atoms with van der Waals surface area (Å²) in [5.41, 5.74) is 0.444. The van der Waals surface area contributed by atoms with Crippen LogP contribution in [0, 0.1) is 0 Å². The van der Waals surface area contributed by atoms with Crippen LogP contribution < -0.4 is 0 Å². The fraction of sp³-hybridized carbons (Fsp3) is 0.111. The predicted molar refractivity (Wildman–Crippen MR) is 43.0 cm³/mol. The van der Waals surface area contributed by atoms with Gasteiger partial charge in [0.25, 0.3) is 0 Å². The predicted octanol–water partition coefficient (Wildman–Crippen LogP) is 1.34. The Balaban J connectivity index is 0.00000144. The number of Topliss-reactive ketones (excluding diaryl/α,β-unsaturated/α-hetero) is 1. The van der Waals surface area contributed by atoms with Crippen LogP contribution in [0.2, 0.25) is 0 Å². The Morgan fingerprint density at radius 1 is 1.15 bits per heavy atom. The van der Waals surface area contributed by atoms with Crippen molar-refractivity contribution in [3.63, 3.8) is 0 Å². The average molecular weight is 215 g/mol. The van der Waals surface area contributed by atoms with E-state index in [1.807, 2.05) is 0 Å². The number of hydrogen-bond donors (Lipinski definition) is 1. The molecule has 0 aliphatic carbocycles. The Labute approximate surface area is 87.7 Å². The number of benzene rings is 1. The third-order valence-electron chi connectivity index (χ3n) is 1.41. The summed E-state index contributed by atoms with van der Waals surface area (Å²) in [6.07, 6.45) is -0.440. The summed E-state index contributed by atoms with van der Waals surface area (Å²) in [4.78, 5) is 21.2. The number of carboxylic acids is 1. The van der Waals surface area contributed by atoms with E-state index in [1.165, 1.54) is 0 Å². The van der Waals surface area contributed by atoms with Gasteiger partial charge in [0, 0.05) is 24.1 Å². The summed E-state index contributed by atoms with van der Waals surface area (Å²) in [6.45, 7) is 0. The van der Waals surface area contributed by atoms with E-state index in [9.17, 15) is 9.59 Å². The summed E-state index contributed by atoms with van der Waals surface area (Å²) in [7, 11) is 0. The number of ketones is 1. The van der Waals surface area contributed by atoms with Gasteiger partial charge in [-0.2, -0.15) is 0 Å². The quantitative estimate of drug-likeness (QED) is 0.611. The molecular weight excluding hydrogens is 207 g/mol. The average Bonchev–Trinajstić information content (AvgIpc) is 2.05. The second kappa shape index (κ2) is 5.57. The van der Waals surface area contributed by atoms with Crippen LogP contribution in [0.1, 0.15) is 16.8 Å². The molecular formula is C9H8O3V. The van der Waals surface area contributed by atoms with Crippen molar-refractivity contribution in [1.29, 1.82) is 0 Å². The van der Waals surface area contributed by atoms with Crippen LogP contribution >= 0.6 is 0 Å². The Kier molecular flexibility index (Phi) is 5.11. The largest absolute Gasteiger partial charge is 0.481 e. The van der Waals surface area contributed by atoms with E-state index < -0.39 is 12.4 Å². The Hall–Kier alpha value is -1.06. The van der Waals surface area contributed by atoms with E-state index in [2.05, 4.69) is 0 Å². The molecule has 0 aliphatic rings. The van der Waals surface area contributed by atoms with Crippen LogP contribution in [-0.4, -0.2) is 16.9 Å². The van der Waals surface area contributed by atoms with Crippen LogP contribution in [0.25, 0.3) is 0 Å². The van der Waals surface area contributed by atoms with Crippen molar-refractivity contribution in [2.24, 2.45) is 0 Å². The fourth-order valence-corrected chi connectivity index (χ4v) is 0.863. The molecule has 0 saturated heterocycles. The SMILES string of the molecule is O=C(O)CC(=O)c1ccccc1.[V]. The normalized spacial score (nSPS) is 8.62. The molecule has 0 unspecified atom stereocenters. The minimum atomic E-state index is -1.09. The Morgan fingerprint density at radius 2 is 1.69 bits per heavy atom. The zero-order chi connectivity index (χ0) is 8.97. The summed E-state index contributed by atoms with van der Waals surface area (Å²) in [5, 5.41) is 8.32. The molecule has 4 heteroatoms. The first kappa shape index (κ1) is 11.9. The maximum Gasteiger partial charge on any atom is 0.311 e. The molecule has 0 heterocycles. The molecule has 1 rings (SSSR count). The third kappa shape index (κ3) is 3.92. The van der Waals surface area contributed by atoms with Crippen LogP contribution in [0.5, 0.6) is 0 Å². The molecule has 0 aromatic heterocycles. The summed E-state index contributed by atoms with van der Waals surface area (Å²) in [6, 6.07) is 8.39. The molecule has 0 spiro atoms. The van der Waals surface area contributed by atoms with Gasteiger partial charge in [-0.25, -0.2) is 0 Å². The number of carbonyl (C=O) groups excluding carboxylic acids is 1. The molecule has 1 aromatic rings. The zero-order valence-electron chi connectivity index (χ0n) is 6.80. The first-order valence-electron chi connectivity index (χ1n) is 3.50. The van der Waals surface area contributed by atoms with Crippen LogP contribution in [-0.2, 0) is 23.4 Å². The van der Waals surface area contributed by atoms with Gasteiger partial charge in [-0.3, -0.25) is 9.59 Å². The van der Waals surface area contributed by atoms with E-state index in [-0.39, 0.29) is 24.3 Å². The molecule has 1 N–H and O–H groups in total. The van der Waals surface area contributed by atoms with Crippen molar-refractivity contribution < 1.29 is 33.3 Å². The summed E-state index contributed by atoms with van der Waals surface area (Å²) >= 11 is 0. The molecule has 0 fully saturated rings. The Bertz CT molecular complexity index is 295. The third-order valence-corrected chi connectivity index (χ3v) is 1.41. The van der Waals surface area contributed by atoms with Gasteiger partial charge in [-0.15, -0.1) is 0 Å². The maximum absolute atomic E-state index is 11.1. The van der Waals surface area contributed by atoms with Gasteiger partial charge >= 0.3 is 5.97 Å². The van der Waals surface area contributed by atoms with E-state index in [0.29, 0.717) is 5.56 Å². The number of carbonyl (C=O) groups is 2. The van der Waals surface area contributed by atoms with E-state index in [1.54, 1.807) is 30.3 Å². The minimum Gasteiger partial charge on any atom is -0.481 e. The fourth-order valence-electron chi connectivity index (χ4n) is 0.863. The first-order chi connectivity index (χ1) is 5.70. The van der Waals surface area contributed by atoms with Gasteiger partial charge in [0.05, 0.1) is 0 Å². The number of carboxylic acid groups (broad SMARTS) is 1. The van der Waals surface area contributed by atoms with Crippen molar-refractivity contribution in [2.75, 3.05) is 0 Å². The first-order valence-corrected chi connectivity index (χ1v) is 3.50. The van der Waals surface area contributed by atoms with Crippen molar-refractivity contribution in [1.82, 2.24) is 0 Å². The van der Waals surface area contributed by atoms with Gasteiger partial charge in [0.1, 0.15) is 6.42 Å². The van der Waals surface area contributed by atoms with Crippen LogP contribution in [0.3, 0.4) is 0 Å². The maximum atomic E-state index is 11.1. The van der Waals surface area contributed by atoms with E-state index in [0.717, 1.165) is 0 Å². The topological polar surface area (TPSA) is 54.4 Å². The van der Waals surface area contributed by atoms with E-state index in [4.69, 9.17) is 5.11 Å². The van der Waals surface area contributed by atoms with Gasteiger partial charge in [0.15, 0.2) is 5.78 Å². The monoisotopic (exact) mass is 215 g/mol. The van der Waals surface area contributed by atoms with Crippen molar-refractivity contribution in [2.45, 2.75) is 6.42 Å². The van der Waals surface area contributed by atoms with Crippen molar-refractivity contribution in [3.8, 4) is 0 Å². The number of hydrogen-bond acceptors (Lipinski definition) is 2. The molecule has 1 aromatic carbocycles. The van der Waals surface area contributed by atoms with Crippen molar-refractivity contribution >= 4 is 11.8 Å². The molecule has 0 amide bonds. The summed E-state index contributed by atoms with van der Waals surface area (Å²) < 4.78 is 0. The molecule has 67 valence electrons. The molecule has 1 radical (unpaired) electrons. The number of rotatable bonds is 3. The molecule has 13 heavy (non-hydrogen) atoms. The standard InChI is InChI=1S/C9H8O3.V/c10-8(6-9(11)12)7-4-2-1-3-5-7;/h1-5H,6H2,(H,11,12);. The molecule has 0 saturated carbocycles. The number of aliphatic carboxylic acids is 1. The van der Waals surface area contributed by atoms with Crippen LogP contribution in [0.4, 0.5) is 0 Å². The summed E-state index contributed by atoms with van der Waals surface area (Å²) in [5.74, 6) is -1.45. The van der Waals surface area contributed by atoms with Gasteiger partial charge in [-0.05, 0) is 0 Å². The van der Waals surface area contributed by atoms with E-state index >= 15 is 0 Å². The van der Waals surface area contributed by atoms with Crippen LogP contribution in [0.15, 0.2) is 30.3 Å². The smallest absolute Gasteiger partial charge is 0.311 e. The van der Waals surface area contributed by atoms with Crippen molar-refractivity contribution in [3.05, 3.63) is 35.9 Å².